The lowest BCUT2D eigenvalue weighted by atomic mass is 9.97. The molecule has 1 saturated heterocycles. The van der Waals surface area contributed by atoms with Crippen molar-refractivity contribution in [1.82, 2.24) is 4.90 Å². The number of benzene rings is 1. The Bertz CT molecular complexity index is 461. The van der Waals surface area contributed by atoms with Gasteiger partial charge in [-0.05, 0) is 76.7 Å². The summed E-state index contributed by atoms with van der Waals surface area (Å²) < 4.78 is 0. The van der Waals surface area contributed by atoms with Crippen LogP contribution in [-0.2, 0) is 0 Å². The average molecular weight is 286 g/mol. The third kappa shape index (κ3) is 4.96. The Hall–Kier alpha value is -1.15. The van der Waals surface area contributed by atoms with Crippen molar-refractivity contribution in [2.24, 2.45) is 0 Å². The highest BCUT2D eigenvalue weighted by Gasteiger charge is 2.11. The Balaban J connectivity index is 1.66. The number of hydrogen-bond acceptors (Lipinski definition) is 2. The molecule has 0 spiro atoms. The molecule has 1 aromatic rings. The molecule has 1 aliphatic heterocycles. The molecule has 0 saturated carbocycles. The van der Waals surface area contributed by atoms with E-state index in [0.717, 1.165) is 24.0 Å². The summed E-state index contributed by atoms with van der Waals surface area (Å²) in [5, 5.41) is 0. The first-order valence-electron chi connectivity index (χ1n) is 8.32. The van der Waals surface area contributed by atoms with Gasteiger partial charge in [-0.25, -0.2) is 0 Å². The zero-order valence-corrected chi connectivity index (χ0v) is 13.5. The monoisotopic (exact) mass is 286 g/mol. The maximum atomic E-state index is 12.3. The Morgan fingerprint density at radius 3 is 2.62 bits per heavy atom. The average Bonchev–Trinajstić information content (AvgIpc) is 2.50. The number of aryl methyl sites for hydroxylation is 1. The fraction of sp³-hybridized carbons (Fsp3) is 0.579. The van der Waals surface area contributed by atoms with E-state index in [1.807, 2.05) is 12.1 Å². The van der Waals surface area contributed by atoms with Crippen molar-refractivity contribution in [2.45, 2.75) is 52.4 Å². The van der Waals surface area contributed by atoms with Gasteiger partial charge in [0.05, 0.1) is 0 Å². The van der Waals surface area contributed by atoms with Crippen LogP contribution < -0.4 is 0 Å². The van der Waals surface area contributed by atoms with Gasteiger partial charge in [0.1, 0.15) is 0 Å². The normalized spacial score (nSPS) is 16.1. The molecule has 0 amide bonds. The van der Waals surface area contributed by atoms with Gasteiger partial charge >= 0.3 is 0 Å². The van der Waals surface area contributed by atoms with E-state index in [-0.39, 0.29) is 0 Å². The fourth-order valence-electron chi connectivity index (χ4n) is 3.01. The van der Waals surface area contributed by atoms with Gasteiger partial charge in [0.2, 0.25) is 0 Å². The zero-order valence-electron chi connectivity index (χ0n) is 13.5. The third-order valence-corrected chi connectivity index (χ3v) is 4.58. The Morgan fingerprint density at radius 2 is 1.86 bits per heavy atom. The molecule has 1 aromatic carbocycles. The summed E-state index contributed by atoms with van der Waals surface area (Å²) in [6.07, 6.45) is 8.97. The smallest absolute Gasteiger partial charge is 0.163 e. The summed E-state index contributed by atoms with van der Waals surface area (Å²) in [7, 11) is 0. The quantitative estimate of drug-likeness (QED) is 0.549. The molecular weight excluding hydrogens is 258 g/mol. The molecule has 115 valence electrons. The zero-order chi connectivity index (χ0) is 15.1. The highest BCUT2D eigenvalue weighted by atomic mass is 16.1. The predicted molar refractivity (Wildman–Crippen MR) is 88.7 cm³/mol. The second-order valence-electron chi connectivity index (χ2n) is 6.19. The van der Waals surface area contributed by atoms with Gasteiger partial charge in [-0.1, -0.05) is 24.6 Å². The lowest BCUT2D eigenvalue weighted by Gasteiger charge is -2.26. The van der Waals surface area contributed by atoms with E-state index in [4.69, 9.17) is 0 Å². The van der Waals surface area contributed by atoms with E-state index in [1.165, 1.54) is 44.5 Å². The first-order chi connectivity index (χ1) is 10.2. The van der Waals surface area contributed by atoms with Crippen LogP contribution in [0.2, 0.25) is 0 Å². The number of rotatable bonds is 7. The SMILES string of the molecule is Cc1cccc(C(=O)CCCCCN2CC[CH]CC2)c1C. The molecule has 1 heterocycles. The Kier molecular flexibility index (Phi) is 6.44. The molecular formula is C19H28NO. The van der Waals surface area contributed by atoms with Crippen molar-refractivity contribution in [3.8, 4) is 0 Å². The van der Waals surface area contributed by atoms with E-state index in [0.29, 0.717) is 12.2 Å². The van der Waals surface area contributed by atoms with Crippen LogP contribution >= 0.6 is 0 Å². The summed E-state index contributed by atoms with van der Waals surface area (Å²) in [5.74, 6) is 0.309. The van der Waals surface area contributed by atoms with Crippen LogP contribution in [0.25, 0.3) is 0 Å². The van der Waals surface area contributed by atoms with E-state index in [2.05, 4.69) is 31.2 Å². The number of hydrogen-bond donors (Lipinski definition) is 0. The largest absolute Gasteiger partial charge is 0.303 e. The molecule has 0 N–H and O–H groups in total. The van der Waals surface area contributed by atoms with Gasteiger partial charge in [-0.15, -0.1) is 0 Å². The molecule has 0 atom stereocenters. The van der Waals surface area contributed by atoms with Crippen LogP contribution in [0.15, 0.2) is 18.2 Å². The number of ketones is 1. The second-order valence-corrected chi connectivity index (χ2v) is 6.19. The fourth-order valence-corrected chi connectivity index (χ4v) is 3.01. The maximum absolute atomic E-state index is 12.3. The van der Waals surface area contributed by atoms with Crippen molar-refractivity contribution < 1.29 is 4.79 Å². The van der Waals surface area contributed by atoms with Gasteiger partial charge < -0.3 is 4.90 Å². The van der Waals surface area contributed by atoms with Crippen LogP contribution in [0.3, 0.4) is 0 Å². The minimum absolute atomic E-state index is 0.309. The molecule has 0 unspecified atom stereocenters. The van der Waals surface area contributed by atoms with E-state index in [9.17, 15) is 4.79 Å². The second kappa shape index (κ2) is 8.33. The first kappa shape index (κ1) is 16.2. The van der Waals surface area contributed by atoms with Crippen molar-refractivity contribution in [3.05, 3.63) is 41.3 Å². The number of piperidine rings is 1. The van der Waals surface area contributed by atoms with E-state index in [1.54, 1.807) is 0 Å². The summed E-state index contributed by atoms with van der Waals surface area (Å²) >= 11 is 0. The Labute approximate surface area is 129 Å². The van der Waals surface area contributed by atoms with Crippen molar-refractivity contribution in [3.63, 3.8) is 0 Å². The van der Waals surface area contributed by atoms with Crippen LogP contribution in [0.5, 0.6) is 0 Å². The number of likely N-dealkylation sites (tertiary alicyclic amines) is 1. The number of carbonyl (C=O) groups excluding carboxylic acids is 1. The van der Waals surface area contributed by atoms with Gasteiger partial charge in [-0.2, -0.15) is 0 Å². The number of unbranched alkanes of at least 4 members (excludes halogenated alkanes) is 2. The standard InChI is InChI=1S/C19H28NO/c1-16-10-9-11-18(17(16)2)19(21)12-5-3-6-13-20-14-7-4-8-15-20/h4,9-11H,3,5-8,12-15H2,1-2H3. The van der Waals surface area contributed by atoms with Gasteiger partial charge in [0.15, 0.2) is 5.78 Å². The van der Waals surface area contributed by atoms with Gasteiger partial charge in [0, 0.05) is 12.0 Å². The molecule has 0 bridgehead atoms. The summed E-state index contributed by atoms with van der Waals surface area (Å²) in [4.78, 5) is 14.8. The molecule has 1 radical (unpaired) electrons. The lowest BCUT2D eigenvalue weighted by molar-refractivity contribution is 0.0978. The lowest BCUT2D eigenvalue weighted by Crippen LogP contribution is -2.30. The molecule has 21 heavy (non-hydrogen) atoms. The summed E-state index contributed by atoms with van der Waals surface area (Å²) in [6, 6.07) is 6.03. The third-order valence-electron chi connectivity index (χ3n) is 4.58. The van der Waals surface area contributed by atoms with Crippen molar-refractivity contribution in [2.75, 3.05) is 19.6 Å². The highest BCUT2D eigenvalue weighted by Crippen LogP contribution is 2.16. The molecule has 0 aliphatic carbocycles. The summed E-state index contributed by atoms with van der Waals surface area (Å²) in [5.41, 5.74) is 3.27. The van der Waals surface area contributed by atoms with Gasteiger partial charge in [0.25, 0.3) is 0 Å². The highest BCUT2D eigenvalue weighted by molar-refractivity contribution is 5.97. The number of nitrogens with zero attached hydrogens (tertiary/aromatic N) is 1. The minimum Gasteiger partial charge on any atom is -0.303 e. The maximum Gasteiger partial charge on any atom is 0.163 e. The van der Waals surface area contributed by atoms with Crippen LogP contribution in [-0.4, -0.2) is 30.3 Å². The number of Topliss-reactive ketones (excluding diaryl/α,β-unsaturated/α-hetero) is 1. The molecule has 2 nitrogen and oxygen atoms in total. The molecule has 2 heteroatoms. The molecule has 1 aliphatic rings. The number of carbonyl (C=O) groups is 1. The molecule has 0 aromatic heterocycles. The topological polar surface area (TPSA) is 20.3 Å². The minimum atomic E-state index is 0.309. The van der Waals surface area contributed by atoms with Crippen LogP contribution in [0.1, 0.15) is 60.0 Å². The molecule has 1 fully saturated rings. The molecule has 2 rings (SSSR count). The Morgan fingerprint density at radius 1 is 1.10 bits per heavy atom. The van der Waals surface area contributed by atoms with Crippen molar-refractivity contribution in [1.29, 1.82) is 0 Å². The van der Waals surface area contributed by atoms with Gasteiger partial charge in [-0.3, -0.25) is 4.79 Å². The predicted octanol–water partition coefficient (Wildman–Crippen LogP) is 4.35. The summed E-state index contributed by atoms with van der Waals surface area (Å²) in [6.45, 7) is 7.77. The van der Waals surface area contributed by atoms with E-state index < -0.39 is 0 Å². The first-order valence-corrected chi connectivity index (χ1v) is 8.32. The van der Waals surface area contributed by atoms with Crippen molar-refractivity contribution >= 4 is 5.78 Å². The van der Waals surface area contributed by atoms with Crippen LogP contribution in [0, 0.1) is 20.3 Å². The van der Waals surface area contributed by atoms with Crippen LogP contribution in [0.4, 0.5) is 0 Å². The van der Waals surface area contributed by atoms with E-state index >= 15 is 0 Å².